The van der Waals surface area contributed by atoms with Gasteiger partial charge in [0, 0.05) is 16.3 Å². The van der Waals surface area contributed by atoms with Gasteiger partial charge in [0.25, 0.3) is 0 Å². The van der Waals surface area contributed by atoms with Crippen molar-refractivity contribution in [3.05, 3.63) is 35.4 Å². The number of aromatic amines is 1. The number of nitrogens with one attached hydrogen (secondary N) is 1. The number of ether oxygens (including phenoxy) is 4. The van der Waals surface area contributed by atoms with E-state index in [0.717, 1.165) is 5.52 Å². The third kappa shape index (κ3) is 2.53. The van der Waals surface area contributed by atoms with Gasteiger partial charge in [-0.3, -0.25) is 0 Å². The van der Waals surface area contributed by atoms with Crippen LogP contribution in [0.15, 0.2) is 24.3 Å². The van der Waals surface area contributed by atoms with Gasteiger partial charge in [0.2, 0.25) is 0 Å². The fourth-order valence-corrected chi connectivity index (χ4v) is 2.90. The highest BCUT2D eigenvalue weighted by molar-refractivity contribution is 6.22. The Balaban J connectivity index is 2.54. The van der Waals surface area contributed by atoms with Crippen LogP contribution < -0.4 is 9.47 Å². The molecule has 0 atom stereocenters. The average Bonchev–Trinajstić information content (AvgIpc) is 3.03. The van der Waals surface area contributed by atoms with Crippen LogP contribution in [0.5, 0.6) is 11.5 Å². The molecule has 2 aromatic carbocycles. The average molecular weight is 343 g/mol. The summed E-state index contributed by atoms with van der Waals surface area (Å²) in [5.41, 5.74) is 1.53. The standard InChI is InChI=1S/C18H17NO6/c1-22-9-5-6-12-10(7-9)14-15(18(21)25-4)11(17(20)24-3)8-13(23-2)16(14)19-12/h5-8,19H,1-4H3. The number of rotatable bonds is 4. The van der Waals surface area contributed by atoms with Gasteiger partial charge in [0.05, 0.1) is 45.1 Å². The molecule has 0 aliphatic heterocycles. The molecule has 0 fully saturated rings. The zero-order valence-corrected chi connectivity index (χ0v) is 14.3. The van der Waals surface area contributed by atoms with Crippen LogP contribution in [0.1, 0.15) is 20.7 Å². The maximum Gasteiger partial charge on any atom is 0.339 e. The van der Waals surface area contributed by atoms with Gasteiger partial charge in [-0.25, -0.2) is 9.59 Å². The van der Waals surface area contributed by atoms with Gasteiger partial charge in [-0.2, -0.15) is 0 Å². The van der Waals surface area contributed by atoms with Crippen LogP contribution in [0.2, 0.25) is 0 Å². The summed E-state index contributed by atoms with van der Waals surface area (Å²) in [5, 5.41) is 1.22. The van der Waals surface area contributed by atoms with Crippen molar-refractivity contribution < 1.29 is 28.5 Å². The van der Waals surface area contributed by atoms with Gasteiger partial charge in [-0.05, 0) is 24.3 Å². The second-order valence-electron chi connectivity index (χ2n) is 5.27. The van der Waals surface area contributed by atoms with Crippen molar-refractivity contribution in [3.8, 4) is 11.5 Å². The quantitative estimate of drug-likeness (QED) is 0.733. The molecule has 25 heavy (non-hydrogen) atoms. The Morgan fingerprint density at radius 2 is 1.64 bits per heavy atom. The summed E-state index contributed by atoms with van der Waals surface area (Å²) in [6.45, 7) is 0. The normalized spacial score (nSPS) is 10.7. The highest BCUT2D eigenvalue weighted by Gasteiger charge is 2.27. The van der Waals surface area contributed by atoms with E-state index in [2.05, 4.69) is 4.98 Å². The van der Waals surface area contributed by atoms with E-state index >= 15 is 0 Å². The van der Waals surface area contributed by atoms with Crippen LogP contribution >= 0.6 is 0 Å². The summed E-state index contributed by atoms with van der Waals surface area (Å²) >= 11 is 0. The van der Waals surface area contributed by atoms with Crippen molar-refractivity contribution in [2.24, 2.45) is 0 Å². The molecule has 0 amide bonds. The third-order valence-corrected chi connectivity index (χ3v) is 4.06. The van der Waals surface area contributed by atoms with Crippen molar-refractivity contribution >= 4 is 33.7 Å². The molecule has 0 unspecified atom stereocenters. The lowest BCUT2D eigenvalue weighted by Crippen LogP contribution is -2.12. The Morgan fingerprint density at radius 3 is 2.24 bits per heavy atom. The summed E-state index contributed by atoms with van der Waals surface area (Å²) < 4.78 is 20.4. The van der Waals surface area contributed by atoms with Crippen LogP contribution in [-0.4, -0.2) is 45.4 Å². The number of hydrogen-bond donors (Lipinski definition) is 1. The van der Waals surface area contributed by atoms with Crippen molar-refractivity contribution in [2.45, 2.75) is 0 Å². The molecule has 0 saturated heterocycles. The molecule has 1 heterocycles. The van der Waals surface area contributed by atoms with Gasteiger partial charge in [0.1, 0.15) is 11.5 Å². The number of esters is 2. The lowest BCUT2D eigenvalue weighted by Gasteiger charge is -2.11. The minimum atomic E-state index is -0.655. The van der Waals surface area contributed by atoms with Gasteiger partial charge >= 0.3 is 11.9 Å². The molecule has 0 bridgehead atoms. The Morgan fingerprint density at radius 1 is 0.920 bits per heavy atom. The Bertz CT molecular complexity index is 988. The van der Waals surface area contributed by atoms with E-state index < -0.39 is 11.9 Å². The first-order valence-electron chi connectivity index (χ1n) is 7.42. The van der Waals surface area contributed by atoms with Crippen molar-refractivity contribution in [2.75, 3.05) is 28.4 Å². The maximum atomic E-state index is 12.4. The summed E-state index contributed by atoms with van der Waals surface area (Å²) in [6, 6.07) is 6.86. The first kappa shape index (κ1) is 16.6. The molecule has 130 valence electrons. The maximum absolute atomic E-state index is 12.4. The highest BCUT2D eigenvalue weighted by Crippen LogP contribution is 2.38. The number of carbonyl (C=O) groups is 2. The molecule has 0 aliphatic carbocycles. The van der Waals surface area contributed by atoms with Gasteiger partial charge in [0.15, 0.2) is 0 Å². The van der Waals surface area contributed by atoms with Crippen LogP contribution in [0.4, 0.5) is 0 Å². The summed E-state index contributed by atoms with van der Waals surface area (Å²) in [5.74, 6) is -0.264. The second-order valence-corrected chi connectivity index (χ2v) is 5.27. The van der Waals surface area contributed by atoms with E-state index in [1.165, 1.54) is 27.4 Å². The molecule has 0 spiro atoms. The van der Waals surface area contributed by atoms with Gasteiger partial charge in [-0.15, -0.1) is 0 Å². The molecule has 0 saturated carbocycles. The molecule has 1 N–H and O–H groups in total. The number of fused-ring (bicyclic) bond motifs is 3. The molecular weight excluding hydrogens is 326 g/mol. The zero-order valence-electron chi connectivity index (χ0n) is 14.3. The Kier molecular flexibility index (Phi) is 4.22. The third-order valence-electron chi connectivity index (χ3n) is 4.06. The van der Waals surface area contributed by atoms with E-state index in [1.807, 2.05) is 6.07 Å². The minimum Gasteiger partial charge on any atom is -0.497 e. The van der Waals surface area contributed by atoms with Gasteiger partial charge < -0.3 is 23.9 Å². The number of aromatic nitrogens is 1. The Hall–Kier alpha value is -3.22. The predicted octanol–water partition coefficient (Wildman–Crippen LogP) is 2.91. The van der Waals surface area contributed by atoms with E-state index in [4.69, 9.17) is 18.9 Å². The van der Waals surface area contributed by atoms with Crippen molar-refractivity contribution in [1.29, 1.82) is 0 Å². The number of hydrogen-bond acceptors (Lipinski definition) is 6. The molecule has 0 aliphatic rings. The topological polar surface area (TPSA) is 86.9 Å². The first-order chi connectivity index (χ1) is 12.0. The molecule has 7 heteroatoms. The lowest BCUT2D eigenvalue weighted by molar-refractivity contribution is 0.0557. The van der Waals surface area contributed by atoms with Crippen LogP contribution in [-0.2, 0) is 9.47 Å². The van der Waals surface area contributed by atoms with Crippen molar-refractivity contribution in [3.63, 3.8) is 0 Å². The number of H-pyrrole nitrogens is 1. The molecular formula is C18H17NO6. The fourth-order valence-electron chi connectivity index (χ4n) is 2.90. The monoisotopic (exact) mass is 343 g/mol. The summed E-state index contributed by atoms with van der Waals surface area (Å²) in [4.78, 5) is 27.9. The molecule has 7 nitrogen and oxygen atoms in total. The van der Waals surface area contributed by atoms with Crippen molar-refractivity contribution in [1.82, 2.24) is 4.98 Å². The predicted molar refractivity (Wildman–Crippen MR) is 91.6 cm³/mol. The highest BCUT2D eigenvalue weighted by atomic mass is 16.5. The number of benzene rings is 2. The largest absolute Gasteiger partial charge is 0.497 e. The summed E-state index contributed by atoms with van der Waals surface area (Å²) in [7, 11) is 5.55. The van der Waals surface area contributed by atoms with Gasteiger partial charge in [-0.1, -0.05) is 0 Å². The lowest BCUT2D eigenvalue weighted by atomic mass is 9.99. The molecule has 3 aromatic rings. The Labute approximate surface area is 143 Å². The van der Waals surface area contributed by atoms with Crippen LogP contribution in [0, 0.1) is 0 Å². The molecule has 3 rings (SSSR count). The molecule has 0 radical (unpaired) electrons. The summed E-state index contributed by atoms with van der Waals surface area (Å²) in [6.07, 6.45) is 0. The number of carbonyl (C=O) groups excluding carboxylic acids is 2. The first-order valence-corrected chi connectivity index (χ1v) is 7.42. The van der Waals surface area contributed by atoms with E-state index in [-0.39, 0.29) is 11.1 Å². The van der Waals surface area contributed by atoms with E-state index in [9.17, 15) is 9.59 Å². The fraction of sp³-hybridized carbons (Fsp3) is 0.222. The second kappa shape index (κ2) is 6.35. The SMILES string of the molecule is COC(=O)c1cc(OC)c2[nH]c3ccc(OC)cc3c2c1C(=O)OC. The molecule has 1 aromatic heterocycles. The minimum absolute atomic E-state index is 0.0717. The van der Waals surface area contributed by atoms with Crippen LogP contribution in [0.25, 0.3) is 21.8 Å². The van der Waals surface area contributed by atoms with E-state index in [0.29, 0.717) is 27.8 Å². The van der Waals surface area contributed by atoms with Crippen LogP contribution in [0.3, 0.4) is 0 Å². The smallest absolute Gasteiger partial charge is 0.339 e. The zero-order chi connectivity index (χ0) is 18.1. The van der Waals surface area contributed by atoms with E-state index in [1.54, 1.807) is 19.2 Å². The number of methoxy groups -OCH3 is 4.